The van der Waals surface area contributed by atoms with Crippen molar-refractivity contribution in [2.45, 2.75) is 37.7 Å². The number of benzene rings is 3. The van der Waals surface area contributed by atoms with Gasteiger partial charge in [-0.1, -0.05) is 48.5 Å². The molecule has 3 aliphatic rings. The zero-order valence-electron chi connectivity index (χ0n) is 25.6. The molecule has 0 saturated carbocycles. The Morgan fingerprint density at radius 2 is 1.56 bits per heavy atom. The van der Waals surface area contributed by atoms with Crippen molar-refractivity contribution in [3.05, 3.63) is 106 Å². The molecule has 0 radical (unpaired) electrons. The predicted octanol–water partition coefficient (Wildman–Crippen LogP) is 7.92. The third-order valence-electron chi connectivity index (χ3n) is 9.21. The van der Waals surface area contributed by atoms with Crippen LogP contribution in [0.3, 0.4) is 0 Å². The number of phenols is 1. The van der Waals surface area contributed by atoms with E-state index in [2.05, 4.69) is 0 Å². The summed E-state index contributed by atoms with van der Waals surface area (Å²) in [6, 6.07) is 17.2. The van der Waals surface area contributed by atoms with E-state index in [0.717, 1.165) is 27.8 Å². The number of alkyl halides is 6. The maximum absolute atomic E-state index is 13.9. The van der Waals surface area contributed by atoms with Crippen LogP contribution in [0.5, 0.6) is 5.75 Å². The number of ether oxygens (including phenoxy) is 2. The van der Waals surface area contributed by atoms with Gasteiger partial charge in [-0.2, -0.15) is 26.3 Å². The van der Waals surface area contributed by atoms with E-state index >= 15 is 0 Å². The van der Waals surface area contributed by atoms with E-state index in [1.807, 2.05) is 36.4 Å². The molecule has 2 amide bonds. The zero-order valence-corrected chi connectivity index (χ0v) is 25.6. The van der Waals surface area contributed by atoms with Gasteiger partial charge >= 0.3 is 12.4 Å². The van der Waals surface area contributed by atoms with Gasteiger partial charge in [-0.3, -0.25) is 9.59 Å². The van der Waals surface area contributed by atoms with Gasteiger partial charge in [0.1, 0.15) is 5.75 Å². The van der Waals surface area contributed by atoms with E-state index in [1.54, 1.807) is 24.3 Å². The maximum Gasteiger partial charge on any atom is 0.416 e. The standard InChI is InChI=1S/C36H31F6NO5/c1-47-18-23-14-28-32(34(46)43(33(28)45)26-16-24(35(37,38)39)15-25(17-26)36(40,41)42)29-19-48-30(31(23)29)12-9-22(21-5-3-2-4-6-21)13-20-7-10-27(44)11-8-20/h2-8,10-11,13,15-17,28-30,32,44H,9,12,14,18-19H2,1H3/b22-13-/t28-,29+,30-,32-/m1/s1. The molecule has 3 aromatic rings. The highest BCUT2D eigenvalue weighted by Gasteiger charge is 2.57. The van der Waals surface area contributed by atoms with Crippen LogP contribution >= 0.6 is 0 Å². The normalized spacial score (nSPS) is 23.1. The molecule has 3 aromatic carbocycles. The number of halogens is 6. The Hall–Kier alpha value is -4.42. The largest absolute Gasteiger partial charge is 0.508 e. The summed E-state index contributed by atoms with van der Waals surface area (Å²) in [5.41, 5.74) is 0.367. The number of methoxy groups -OCH3 is 1. The summed E-state index contributed by atoms with van der Waals surface area (Å²) < 4.78 is 93.5. The molecule has 0 bridgehead atoms. The topological polar surface area (TPSA) is 76.1 Å². The minimum Gasteiger partial charge on any atom is -0.508 e. The molecule has 0 unspecified atom stereocenters. The van der Waals surface area contributed by atoms with Crippen molar-refractivity contribution in [2.24, 2.45) is 17.8 Å². The molecular weight excluding hydrogens is 640 g/mol. The van der Waals surface area contributed by atoms with Crippen LogP contribution in [-0.4, -0.2) is 43.3 Å². The van der Waals surface area contributed by atoms with Crippen LogP contribution < -0.4 is 4.90 Å². The summed E-state index contributed by atoms with van der Waals surface area (Å²) in [5.74, 6) is -4.16. The summed E-state index contributed by atoms with van der Waals surface area (Å²) in [7, 11) is 1.47. The van der Waals surface area contributed by atoms with Crippen molar-refractivity contribution in [3.8, 4) is 5.75 Å². The van der Waals surface area contributed by atoms with Crippen LogP contribution in [0.4, 0.5) is 32.0 Å². The van der Waals surface area contributed by atoms with Crippen molar-refractivity contribution in [1.29, 1.82) is 0 Å². The average Bonchev–Trinajstić information content (AvgIpc) is 3.57. The van der Waals surface area contributed by atoms with Crippen molar-refractivity contribution >= 4 is 29.2 Å². The highest BCUT2D eigenvalue weighted by atomic mass is 19.4. The Morgan fingerprint density at radius 1 is 0.917 bits per heavy atom. The Balaban J connectivity index is 1.31. The molecular formula is C36H31F6NO5. The number of hydrogen-bond donors (Lipinski definition) is 1. The fourth-order valence-electron chi connectivity index (χ4n) is 7.11. The van der Waals surface area contributed by atoms with Gasteiger partial charge in [-0.05, 0) is 77.4 Å². The second kappa shape index (κ2) is 12.9. The number of anilines is 1. The quantitative estimate of drug-likeness (QED) is 0.114. The monoisotopic (exact) mass is 671 g/mol. The molecule has 2 aliphatic heterocycles. The molecule has 0 spiro atoms. The van der Waals surface area contributed by atoms with Crippen LogP contribution in [0, 0.1) is 17.8 Å². The molecule has 2 fully saturated rings. The van der Waals surface area contributed by atoms with Crippen LogP contribution in [0.2, 0.25) is 0 Å². The van der Waals surface area contributed by atoms with Gasteiger partial charge in [0, 0.05) is 13.0 Å². The summed E-state index contributed by atoms with van der Waals surface area (Å²) in [6.45, 7) is 0.174. The molecule has 6 rings (SSSR count). The van der Waals surface area contributed by atoms with E-state index in [0.29, 0.717) is 29.9 Å². The van der Waals surface area contributed by atoms with E-state index in [9.17, 15) is 41.0 Å². The highest BCUT2D eigenvalue weighted by molar-refractivity contribution is 6.22. The number of aromatic hydroxyl groups is 1. The number of nitrogens with zero attached hydrogens (tertiary/aromatic N) is 1. The van der Waals surface area contributed by atoms with E-state index < -0.39 is 64.8 Å². The number of rotatable bonds is 8. The molecule has 48 heavy (non-hydrogen) atoms. The van der Waals surface area contributed by atoms with Gasteiger partial charge in [-0.15, -0.1) is 0 Å². The Kier molecular flexibility index (Phi) is 8.99. The fourth-order valence-corrected chi connectivity index (χ4v) is 7.11. The Morgan fingerprint density at radius 3 is 2.17 bits per heavy atom. The number of phenolic OH excluding ortho intramolecular Hbond substituents is 1. The molecule has 252 valence electrons. The molecule has 2 heterocycles. The third kappa shape index (κ3) is 6.51. The summed E-state index contributed by atoms with van der Waals surface area (Å²) in [5, 5.41) is 9.71. The lowest BCUT2D eigenvalue weighted by Gasteiger charge is -2.31. The number of allylic oxidation sites excluding steroid dienone is 1. The summed E-state index contributed by atoms with van der Waals surface area (Å²) in [6.07, 6.45) is -7.65. The number of hydrogen-bond acceptors (Lipinski definition) is 5. The first-order chi connectivity index (χ1) is 22.8. The lowest BCUT2D eigenvalue weighted by Crippen LogP contribution is -2.35. The predicted molar refractivity (Wildman–Crippen MR) is 164 cm³/mol. The van der Waals surface area contributed by atoms with Crippen LogP contribution in [0.15, 0.2) is 83.9 Å². The Labute approximate surface area is 272 Å². The second-order valence-electron chi connectivity index (χ2n) is 12.2. The number of amides is 2. The number of carbonyl (C=O) groups excluding carboxylic acids is 2. The van der Waals surface area contributed by atoms with Gasteiger partial charge in [0.25, 0.3) is 0 Å². The molecule has 6 nitrogen and oxygen atoms in total. The maximum atomic E-state index is 13.9. The molecule has 12 heteroatoms. The first-order valence-electron chi connectivity index (χ1n) is 15.3. The van der Waals surface area contributed by atoms with E-state index in [1.165, 1.54) is 7.11 Å². The molecule has 4 atom stereocenters. The van der Waals surface area contributed by atoms with E-state index in [-0.39, 0.29) is 31.5 Å². The fraction of sp³-hybridized carbons (Fsp3) is 0.333. The first kappa shape index (κ1) is 33.5. The van der Waals surface area contributed by atoms with Gasteiger partial charge < -0.3 is 14.6 Å². The minimum absolute atomic E-state index is 0.0346. The van der Waals surface area contributed by atoms with Crippen LogP contribution in [0.1, 0.15) is 41.5 Å². The van der Waals surface area contributed by atoms with Crippen molar-refractivity contribution in [2.75, 3.05) is 25.2 Å². The van der Waals surface area contributed by atoms with Gasteiger partial charge in [-0.25, -0.2) is 4.90 Å². The van der Waals surface area contributed by atoms with Crippen molar-refractivity contribution < 1.29 is 50.5 Å². The second-order valence-corrected chi connectivity index (χ2v) is 12.2. The van der Waals surface area contributed by atoms with Crippen LogP contribution in [0.25, 0.3) is 11.6 Å². The molecule has 2 saturated heterocycles. The summed E-state index contributed by atoms with van der Waals surface area (Å²) >= 11 is 0. The van der Waals surface area contributed by atoms with Gasteiger partial charge in [0.05, 0.1) is 48.0 Å². The van der Waals surface area contributed by atoms with Gasteiger partial charge in [0.2, 0.25) is 11.8 Å². The van der Waals surface area contributed by atoms with Crippen LogP contribution in [-0.2, 0) is 31.4 Å². The average molecular weight is 672 g/mol. The molecule has 1 N–H and O–H groups in total. The van der Waals surface area contributed by atoms with Gasteiger partial charge in [0.15, 0.2) is 0 Å². The van der Waals surface area contributed by atoms with Crippen molar-refractivity contribution in [1.82, 2.24) is 0 Å². The SMILES string of the molecule is COCC1=C2[C@@H](CC/C(=C/c3ccc(O)cc3)c3ccccc3)OC[C@@H]2[C@@H]2C(=O)N(c3cc(C(F)(F)F)cc(C(F)(F)F)c3)C(=O)[C@@H]2C1. The smallest absolute Gasteiger partial charge is 0.416 e. The Bertz CT molecular complexity index is 1730. The lowest BCUT2D eigenvalue weighted by molar-refractivity contribution is -0.143. The first-order valence-corrected chi connectivity index (χ1v) is 15.3. The number of imide groups is 1. The molecule has 0 aromatic heterocycles. The zero-order chi connectivity index (χ0) is 34.4. The third-order valence-corrected chi connectivity index (χ3v) is 9.21. The highest BCUT2D eigenvalue weighted by Crippen LogP contribution is 2.51. The van der Waals surface area contributed by atoms with E-state index in [4.69, 9.17) is 9.47 Å². The lowest BCUT2D eigenvalue weighted by atomic mass is 9.69. The summed E-state index contributed by atoms with van der Waals surface area (Å²) in [4.78, 5) is 28.0. The number of carbonyl (C=O) groups is 2. The minimum atomic E-state index is -5.14. The molecule has 1 aliphatic carbocycles. The van der Waals surface area contributed by atoms with Crippen molar-refractivity contribution in [3.63, 3.8) is 0 Å². The number of fused-ring (bicyclic) bond motifs is 3.